The molecule has 2 aliphatic rings. The molecule has 180 valence electrons. The van der Waals surface area contributed by atoms with E-state index in [0.717, 1.165) is 44.2 Å². The Kier molecular flexibility index (Phi) is 6.10. The zero-order chi connectivity index (χ0) is 23.8. The molecule has 9 heteroatoms. The van der Waals surface area contributed by atoms with Gasteiger partial charge in [-0.05, 0) is 44.2 Å². The topological polar surface area (TPSA) is 90.5 Å². The van der Waals surface area contributed by atoms with Gasteiger partial charge in [0.05, 0.1) is 11.7 Å². The van der Waals surface area contributed by atoms with E-state index >= 15 is 0 Å². The van der Waals surface area contributed by atoms with Crippen molar-refractivity contribution >= 4 is 17.4 Å². The summed E-state index contributed by atoms with van der Waals surface area (Å²) in [6.07, 6.45) is 10.4. The van der Waals surface area contributed by atoms with Crippen molar-refractivity contribution < 1.29 is 13.9 Å². The van der Waals surface area contributed by atoms with E-state index in [1.807, 2.05) is 6.20 Å². The predicted octanol–water partition coefficient (Wildman–Crippen LogP) is 4.65. The number of carbonyl (C=O) groups excluding carboxylic acids is 1. The van der Waals surface area contributed by atoms with Gasteiger partial charge in [-0.1, -0.05) is 20.3 Å². The van der Waals surface area contributed by atoms with Crippen LogP contribution in [0.5, 0.6) is 5.88 Å². The number of hydrogen-bond donors (Lipinski definition) is 1. The van der Waals surface area contributed by atoms with Crippen LogP contribution in [0.4, 0.5) is 10.1 Å². The molecule has 0 radical (unpaired) electrons. The number of imidazole rings is 1. The molecule has 8 nitrogen and oxygen atoms in total. The number of ether oxygens (including phenoxy) is 1. The highest BCUT2D eigenvalue weighted by atomic mass is 19.1. The quantitative estimate of drug-likeness (QED) is 0.495. The van der Waals surface area contributed by atoms with Crippen LogP contribution >= 0.6 is 0 Å². The second-order valence-electron chi connectivity index (χ2n) is 9.30. The Morgan fingerprint density at radius 2 is 2.09 bits per heavy atom. The third-order valence-electron chi connectivity index (χ3n) is 6.82. The van der Waals surface area contributed by atoms with E-state index in [1.54, 1.807) is 22.9 Å². The normalized spacial score (nSPS) is 20.7. The summed E-state index contributed by atoms with van der Waals surface area (Å²) in [5.41, 5.74) is 0.852. The lowest BCUT2D eigenvalue weighted by molar-refractivity contribution is 0.0979. The summed E-state index contributed by atoms with van der Waals surface area (Å²) in [5.74, 6) is 0.532. The Bertz CT molecular complexity index is 1270. The molecule has 3 aromatic heterocycles. The van der Waals surface area contributed by atoms with Gasteiger partial charge >= 0.3 is 0 Å². The Hall–Kier alpha value is -3.23. The first-order valence-electron chi connectivity index (χ1n) is 12.2. The summed E-state index contributed by atoms with van der Waals surface area (Å²) < 4.78 is 22.7. The van der Waals surface area contributed by atoms with Crippen molar-refractivity contribution in [3.05, 3.63) is 52.3 Å². The van der Waals surface area contributed by atoms with E-state index < -0.39 is 23.7 Å². The average Bonchev–Trinajstić information content (AvgIpc) is 3.37. The smallest absolute Gasteiger partial charge is 0.274 e. The number of rotatable bonds is 9. The molecule has 3 heterocycles. The fourth-order valence-corrected chi connectivity index (χ4v) is 4.42. The van der Waals surface area contributed by atoms with Crippen LogP contribution in [-0.4, -0.2) is 37.1 Å². The maximum atomic E-state index is 13.5. The summed E-state index contributed by atoms with van der Waals surface area (Å²) in [5, 5.41) is 2.69. The number of halogens is 1. The van der Waals surface area contributed by atoms with Crippen molar-refractivity contribution in [2.75, 3.05) is 5.32 Å². The van der Waals surface area contributed by atoms with E-state index in [4.69, 9.17) is 9.72 Å². The number of nitrogens with one attached hydrogen (secondary N) is 1. The second kappa shape index (κ2) is 9.19. The number of aromatic nitrogens is 4. The molecule has 34 heavy (non-hydrogen) atoms. The van der Waals surface area contributed by atoms with Crippen LogP contribution < -0.4 is 15.6 Å². The molecule has 0 aliphatic heterocycles. The van der Waals surface area contributed by atoms with Gasteiger partial charge in [0, 0.05) is 30.9 Å². The van der Waals surface area contributed by atoms with Crippen molar-refractivity contribution in [2.24, 2.45) is 0 Å². The molecular formula is C25H30FN5O3. The Morgan fingerprint density at radius 1 is 1.29 bits per heavy atom. The third kappa shape index (κ3) is 4.31. The van der Waals surface area contributed by atoms with Crippen molar-refractivity contribution in [3.63, 3.8) is 0 Å². The minimum atomic E-state index is -1.02. The molecule has 2 fully saturated rings. The fourth-order valence-electron chi connectivity index (χ4n) is 4.42. The Labute approximate surface area is 197 Å². The van der Waals surface area contributed by atoms with E-state index in [9.17, 15) is 14.0 Å². The van der Waals surface area contributed by atoms with Gasteiger partial charge in [0.15, 0.2) is 0 Å². The number of alkyl halides is 1. The zero-order valence-corrected chi connectivity index (χ0v) is 19.5. The van der Waals surface area contributed by atoms with Gasteiger partial charge in [-0.3, -0.25) is 14.0 Å². The third-order valence-corrected chi connectivity index (χ3v) is 6.82. The van der Waals surface area contributed by atoms with E-state index in [2.05, 4.69) is 24.1 Å². The van der Waals surface area contributed by atoms with Crippen molar-refractivity contribution in [2.45, 2.75) is 83.0 Å². The van der Waals surface area contributed by atoms with E-state index in [1.165, 1.54) is 10.6 Å². The number of hydrogen-bond acceptors (Lipinski definition) is 5. The number of carbonyl (C=O) groups is 1. The van der Waals surface area contributed by atoms with Gasteiger partial charge in [0.25, 0.3) is 11.5 Å². The van der Waals surface area contributed by atoms with Crippen LogP contribution in [-0.2, 0) is 0 Å². The molecule has 0 bridgehead atoms. The highest BCUT2D eigenvalue weighted by Crippen LogP contribution is 2.37. The summed E-state index contributed by atoms with van der Waals surface area (Å²) >= 11 is 0. The van der Waals surface area contributed by atoms with Crippen LogP contribution in [0.1, 0.15) is 86.8 Å². The van der Waals surface area contributed by atoms with E-state index in [-0.39, 0.29) is 23.2 Å². The first-order chi connectivity index (χ1) is 16.5. The monoisotopic (exact) mass is 467 g/mol. The molecule has 1 amide bonds. The van der Waals surface area contributed by atoms with Crippen LogP contribution in [0.25, 0.3) is 5.78 Å². The number of pyridine rings is 1. The van der Waals surface area contributed by atoms with Gasteiger partial charge in [-0.2, -0.15) is 4.98 Å². The molecule has 1 N–H and O–H groups in total. The van der Waals surface area contributed by atoms with Gasteiger partial charge < -0.3 is 14.6 Å². The molecule has 0 aromatic carbocycles. The van der Waals surface area contributed by atoms with Crippen molar-refractivity contribution in [1.82, 2.24) is 18.9 Å². The summed E-state index contributed by atoms with van der Waals surface area (Å²) in [7, 11) is 0. The zero-order valence-electron chi connectivity index (χ0n) is 19.5. The minimum Gasteiger partial charge on any atom is -0.474 e. The predicted molar refractivity (Wildman–Crippen MR) is 126 cm³/mol. The lowest BCUT2D eigenvalue weighted by Crippen LogP contribution is -2.28. The molecule has 5 rings (SSSR count). The molecule has 0 saturated heterocycles. The Balaban J connectivity index is 1.48. The highest BCUT2D eigenvalue weighted by molar-refractivity contribution is 6.05. The lowest BCUT2D eigenvalue weighted by atomic mass is 9.96. The average molecular weight is 468 g/mol. The summed E-state index contributed by atoms with van der Waals surface area (Å²) in [6, 6.07) is 2.70. The molecule has 3 aromatic rings. The lowest BCUT2D eigenvalue weighted by Gasteiger charge is -2.26. The first-order valence-corrected chi connectivity index (χ1v) is 12.2. The molecule has 2 saturated carbocycles. The highest BCUT2D eigenvalue weighted by Gasteiger charge is 2.40. The van der Waals surface area contributed by atoms with Gasteiger partial charge in [0.2, 0.25) is 11.7 Å². The van der Waals surface area contributed by atoms with Gasteiger partial charge in [0.1, 0.15) is 23.5 Å². The molecule has 0 spiro atoms. The number of anilines is 1. The largest absolute Gasteiger partial charge is 0.474 e. The fraction of sp³-hybridized carbons (Fsp3) is 0.520. The molecule has 1 unspecified atom stereocenters. The van der Waals surface area contributed by atoms with Crippen molar-refractivity contribution in [3.8, 4) is 5.88 Å². The Morgan fingerprint density at radius 3 is 2.74 bits per heavy atom. The van der Waals surface area contributed by atoms with Crippen molar-refractivity contribution in [1.29, 1.82) is 0 Å². The van der Waals surface area contributed by atoms with Crippen LogP contribution in [0.2, 0.25) is 0 Å². The summed E-state index contributed by atoms with van der Waals surface area (Å²) in [6.45, 7) is 4.29. The first kappa shape index (κ1) is 22.6. The maximum absolute atomic E-state index is 13.5. The van der Waals surface area contributed by atoms with Gasteiger partial charge in [-0.25, -0.2) is 9.37 Å². The van der Waals surface area contributed by atoms with Crippen LogP contribution in [0, 0.1) is 0 Å². The van der Waals surface area contributed by atoms with E-state index in [0.29, 0.717) is 18.1 Å². The molecule has 2 aliphatic carbocycles. The van der Waals surface area contributed by atoms with Crippen LogP contribution in [0.3, 0.4) is 0 Å². The summed E-state index contributed by atoms with van der Waals surface area (Å²) in [4.78, 5) is 35.4. The number of amides is 1. The number of fused-ring (bicyclic) bond motifs is 1. The SMILES string of the molecule is CCCC(CC)c1cn2cc(C(=O)Nc3cccn([C@@H]4C[C@@H]4F)c3=O)c(OC3CCC3)nc2n1. The molecule has 3 atom stereocenters. The standard InChI is InChI=1S/C25H30FN5O3/c1-3-7-15(4-2)20-14-30-13-17(23(29-25(30)28-20)34-16-8-5-9-16)22(32)27-19-10-6-11-31(24(19)33)21-12-18(21)26/h6,10-11,13-16,18,21H,3-5,7-9,12H2,1-2H3,(H,27,32)/t15?,18-,21+/m0/s1. The second-order valence-corrected chi connectivity index (χ2v) is 9.30. The minimum absolute atomic E-state index is 0.0183. The molecular weight excluding hydrogens is 437 g/mol. The van der Waals surface area contributed by atoms with Crippen LogP contribution in [0.15, 0.2) is 35.5 Å². The van der Waals surface area contributed by atoms with Gasteiger partial charge in [-0.15, -0.1) is 0 Å². The number of nitrogens with zero attached hydrogens (tertiary/aromatic N) is 4. The maximum Gasteiger partial charge on any atom is 0.274 e.